The lowest BCUT2D eigenvalue weighted by molar-refractivity contribution is -0.117. The molecule has 142 valence electrons. The van der Waals surface area contributed by atoms with E-state index in [1.165, 1.54) is 16.1 Å². The van der Waals surface area contributed by atoms with E-state index in [9.17, 15) is 9.18 Å². The van der Waals surface area contributed by atoms with E-state index < -0.39 is 5.67 Å². The first-order chi connectivity index (χ1) is 12.9. The Balaban J connectivity index is 1.53. The highest BCUT2D eigenvalue weighted by Crippen LogP contribution is 2.43. The minimum absolute atomic E-state index is 0.0340. The number of amides is 1. The molecule has 5 heteroatoms. The van der Waals surface area contributed by atoms with E-state index in [0.717, 1.165) is 35.7 Å². The van der Waals surface area contributed by atoms with E-state index in [0.29, 0.717) is 12.8 Å². The second-order valence-corrected chi connectivity index (χ2v) is 8.84. The van der Waals surface area contributed by atoms with Gasteiger partial charge in [-0.05, 0) is 61.6 Å². The summed E-state index contributed by atoms with van der Waals surface area (Å²) in [5.74, 6) is 0.820. The summed E-state index contributed by atoms with van der Waals surface area (Å²) in [7, 11) is 0. The zero-order valence-corrected chi connectivity index (χ0v) is 16.7. The Morgan fingerprint density at radius 1 is 1.22 bits per heavy atom. The van der Waals surface area contributed by atoms with Crippen molar-refractivity contribution in [3.05, 3.63) is 53.1 Å². The van der Waals surface area contributed by atoms with Crippen LogP contribution in [0.1, 0.15) is 36.0 Å². The fourth-order valence-corrected chi connectivity index (χ4v) is 4.67. The number of alkyl halides is 1. The molecular weight excluding hydrogens is 359 g/mol. The number of nitrogens with zero attached hydrogens (tertiary/aromatic N) is 1. The van der Waals surface area contributed by atoms with E-state index in [2.05, 4.69) is 46.6 Å². The van der Waals surface area contributed by atoms with Crippen molar-refractivity contribution in [1.82, 2.24) is 0 Å². The maximum Gasteiger partial charge on any atom is 0.227 e. The maximum absolute atomic E-state index is 13.9. The summed E-state index contributed by atoms with van der Waals surface area (Å²) in [6.07, 6.45) is 0.977. The largest absolute Gasteiger partial charge is 0.366 e. The number of halogens is 1. The van der Waals surface area contributed by atoms with Gasteiger partial charge in [-0.3, -0.25) is 4.79 Å². The van der Waals surface area contributed by atoms with Crippen LogP contribution in [0.5, 0.6) is 0 Å². The van der Waals surface area contributed by atoms with Crippen LogP contribution in [0, 0.1) is 13.8 Å². The van der Waals surface area contributed by atoms with Crippen molar-refractivity contribution in [1.29, 1.82) is 0 Å². The number of carbonyl (C=O) groups is 1. The average Bonchev–Trinajstić information content (AvgIpc) is 3.38. The molecule has 0 aromatic heterocycles. The summed E-state index contributed by atoms with van der Waals surface area (Å²) >= 11 is 1.90. The summed E-state index contributed by atoms with van der Waals surface area (Å²) in [5.41, 5.74) is 4.12. The van der Waals surface area contributed by atoms with Gasteiger partial charge in [0.1, 0.15) is 5.67 Å². The number of thioether (sulfide) groups is 1. The van der Waals surface area contributed by atoms with Gasteiger partial charge in [0.15, 0.2) is 0 Å². The van der Waals surface area contributed by atoms with Crippen LogP contribution < -0.4 is 10.2 Å². The lowest BCUT2D eigenvalue weighted by atomic mass is 10.1. The Labute approximate surface area is 164 Å². The lowest BCUT2D eigenvalue weighted by Crippen LogP contribution is -2.24. The number of nitrogens with one attached hydrogen (secondary N) is 1. The first kappa shape index (κ1) is 18.4. The highest BCUT2D eigenvalue weighted by Gasteiger charge is 2.44. The molecule has 1 amide bonds. The molecule has 2 aromatic carbocycles. The number of rotatable bonds is 4. The summed E-state index contributed by atoms with van der Waals surface area (Å²) < 4.78 is 13.9. The number of carbonyl (C=O) groups excluding carboxylic acids is 1. The molecule has 0 unspecified atom stereocenters. The molecule has 0 bridgehead atoms. The van der Waals surface area contributed by atoms with Crippen LogP contribution in [0.25, 0.3) is 0 Å². The summed E-state index contributed by atoms with van der Waals surface area (Å²) in [6, 6.07) is 12.8. The van der Waals surface area contributed by atoms with Crippen molar-refractivity contribution in [3.63, 3.8) is 0 Å². The van der Waals surface area contributed by atoms with Crippen LogP contribution in [0.15, 0.2) is 41.3 Å². The Morgan fingerprint density at radius 2 is 1.93 bits per heavy atom. The van der Waals surface area contributed by atoms with Crippen molar-refractivity contribution >= 4 is 29.0 Å². The zero-order chi connectivity index (χ0) is 19.0. The van der Waals surface area contributed by atoms with Gasteiger partial charge in [-0.2, -0.15) is 0 Å². The van der Waals surface area contributed by atoms with Crippen LogP contribution in [0.3, 0.4) is 0 Å². The summed E-state index contributed by atoms with van der Waals surface area (Å²) in [5, 5.41) is 2.93. The van der Waals surface area contributed by atoms with Crippen molar-refractivity contribution < 1.29 is 9.18 Å². The van der Waals surface area contributed by atoms with Gasteiger partial charge in [0.2, 0.25) is 5.91 Å². The topological polar surface area (TPSA) is 32.3 Å². The first-order valence-corrected chi connectivity index (χ1v) is 10.5. The predicted octanol–water partition coefficient (Wildman–Crippen LogP) is 5.25. The van der Waals surface area contributed by atoms with Gasteiger partial charge in [-0.15, -0.1) is 11.8 Å². The first-order valence-electron chi connectivity index (χ1n) is 9.49. The van der Waals surface area contributed by atoms with Crippen molar-refractivity contribution in [2.75, 3.05) is 22.5 Å². The van der Waals surface area contributed by atoms with Gasteiger partial charge in [-0.25, -0.2) is 4.39 Å². The van der Waals surface area contributed by atoms with Crippen LogP contribution in [-0.2, 0) is 11.3 Å². The van der Waals surface area contributed by atoms with Gasteiger partial charge in [0.05, 0.1) is 6.42 Å². The quantitative estimate of drug-likeness (QED) is 0.782. The van der Waals surface area contributed by atoms with Gasteiger partial charge in [0, 0.05) is 35.1 Å². The van der Waals surface area contributed by atoms with E-state index >= 15 is 0 Å². The minimum atomic E-state index is -1.26. The smallest absolute Gasteiger partial charge is 0.227 e. The van der Waals surface area contributed by atoms with E-state index in [4.69, 9.17) is 0 Å². The second-order valence-electron chi connectivity index (χ2n) is 7.71. The normalized spacial score (nSPS) is 17.8. The number of aryl methyl sites for hydroxylation is 2. The lowest BCUT2D eigenvalue weighted by Gasteiger charge is -2.25. The highest BCUT2D eigenvalue weighted by atomic mass is 32.2. The number of fused-ring (bicyclic) bond motifs is 1. The maximum atomic E-state index is 13.9. The number of anilines is 2. The molecule has 0 saturated heterocycles. The minimum Gasteiger partial charge on any atom is -0.366 e. The number of hydrogen-bond donors (Lipinski definition) is 1. The third-order valence-corrected chi connectivity index (χ3v) is 6.47. The van der Waals surface area contributed by atoms with E-state index in [-0.39, 0.29) is 12.3 Å². The molecule has 1 heterocycles. The summed E-state index contributed by atoms with van der Waals surface area (Å²) in [4.78, 5) is 15.9. The van der Waals surface area contributed by atoms with Crippen LogP contribution >= 0.6 is 11.8 Å². The molecule has 27 heavy (non-hydrogen) atoms. The van der Waals surface area contributed by atoms with Gasteiger partial charge in [0.25, 0.3) is 0 Å². The highest BCUT2D eigenvalue weighted by molar-refractivity contribution is 7.99. The van der Waals surface area contributed by atoms with Crippen LogP contribution in [0.4, 0.5) is 15.8 Å². The average molecular weight is 385 g/mol. The third kappa shape index (κ3) is 4.13. The molecule has 0 spiro atoms. The second kappa shape index (κ2) is 7.19. The summed E-state index contributed by atoms with van der Waals surface area (Å²) in [6.45, 7) is 5.89. The fraction of sp³-hybridized carbons (Fsp3) is 0.409. The Kier molecular flexibility index (Phi) is 4.89. The van der Waals surface area contributed by atoms with E-state index in [1.807, 2.05) is 25.6 Å². The van der Waals surface area contributed by atoms with Crippen molar-refractivity contribution in [3.8, 4) is 0 Å². The fourth-order valence-electron chi connectivity index (χ4n) is 3.65. The monoisotopic (exact) mass is 384 g/mol. The zero-order valence-electron chi connectivity index (χ0n) is 15.8. The molecule has 4 rings (SSSR count). The van der Waals surface area contributed by atoms with Crippen LogP contribution in [0.2, 0.25) is 0 Å². The van der Waals surface area contributed by atoms with Gasteiger partial charge >= 0.3 is 0 Å². The van der Waals surface area contributed by atoms with Gasteiger partial charge in [-0.1, -0.05) is 18.2 Å². The molecule has 2 aromatic rings. The van der Waals surface area contributed by atoms with Gasteiger partial charge < -0.3 is 10.2 Å². The third-order valence-electron chi connectivity index (χ3n) is 5.37. The molecule has 1 saturated carbocycles. The number of benzene rings is 2. The molecule has 1 fully saturated rings. The van der Waals surface area contributed by atoms with Crippen LogP contribution in [-0.4, -0.2) is 23.9 Å². The molecule has 1 aliphatic heterocycles. The Bertz CT molecular complexity index is 855. The number of hydrogen-bond acceptors (Lipinski definition) is 3. The SMILES string of the molecule is Cc1cc(N2CCSc3ccccc3C2)cc(C)c1NC(=O)CC1(F)CC1. The molecule has 1 N–H and O–H groups in total. The van der Waals surface area contributed by atoms with Crippen molar-refractivity contribution in [2.45, 2.75) is 50.2 Å². The van der Waals surface area contributed by atoms with E-state index in [1.54, 1.807) is 0 Å². The standard InChI is InChI=1S/C22H25FN2OS/c1-15-11-18(25-9-10-27-19-6-4-3-5-17(19)14-25)12-16(2)21(15)24-20(26)13-22(23)7-8-22/h3-6,11-12H,7-10,13-14H2,1-2H3,(H,24,26). The predicted molar refractivity (Wildman–Crippen MR) is 110 cm³/mol. The Hall–Kier alpha value is -2.01. The molecular formula is C22H25FN2OS. The molecule has 2 aliphatic rings. The molecule has 0 atom stereocenters. The molecule has 0 radical (unpaired) electrons. The molecule has 1 aliphatic carbocycles. The molecule has 3 nitrogen and oxygen atoms in total. The Morgan fingerprint density at radius 3 is 2.63 bits per heavy atom. The van der Waals surface area contributed by atoms with Crippen molar-refractivity contribution in [2.24, 2.45) is 0 Å².